The van der Waals surface area contributed by atoms with Gasteiger partial charge in [-0.05, 0) is 25.0 Å². The number of pyridine rings is 1. The first-order valence-electron chi connectivity index (χ1n) is 6.08. The number of fused-ring (bicyclic) bond motifs is 1. The quantitative estimate of drug-likeness (QED) is 0.794. The highest BCUT2D eigenvalue weighted by Crippen LogP contribution is 2.32. The first-order chi connectivity index (χ1) is 7.86. The van der Waals surface area contributed by atoms with Crippen LogP contribution in [0.15, 0.2) is 24.5 Å². The zero-order valence-electron chi connectivity index (χ0n) is 9.39. The monoisotopic (exact) mass is 215 g/mol. The normalized spacial score (nSPS) is 18.0. The van der Waals surface area contributed by atoms with Gasteiger partial charge in [0.25, 0.3) is 0 Å². The van der Waals surface area contributed by atoms with Gasteiger partial charge in [-0.25, -0.2) is 4.98 Å². The summed E-state index contributed by atoms with van der Waals surface area (Å²) in [4.78, 5) is 4.56. The van der Waals surface area contributed by atoms with Crippen LogP contribution in [0.5, 0.6) is 0 Å². The molecule has 0 aliphatic heterocycles. The Labute approximate surface area is 95.3 Å². The van der Waals surface area contributed by atoms with E-state index in [0.29, 0.717) is 5.92 Å². The van der Waals surface area contributed by atoms with Gasteiger partial charge in [-0.3, -0.25) is 0 Å². The molecule has 2 aromatic rings. The second-order valence-corrected chi connectivity index (χ2v) is 4.67. The summed E-state index contributed by atoms with van der Waals surface area (Å²) in [7, 11) is 0. The van der Waals surface area contributed by atoms with Gasteiger partial charge in [0, 0.05) is 12.1 Å². The Morgan fingerprint density at radius 2 is 2.06 bits per heavy atom. The average Bonchev–Trinajstić information content (AvgIpc) is 2.75. The molecule has 2 heterocycles. The lowest BCUT2D eigenvalue weighted by atomic mass is 9.89. The third-order valence-electron chi connectivity index (χ3n) is 3.60. The van der Waals surface area contributed by atoms with E-state index in [1.165, 1.54) is 37.9 Å². The number of nitrogens with zero attached hydrogens (tertiary/aromatic N) is 2. The van der Waals surface area contributed by atoms with Crippen molar-refractivity contribution in [2.45, 2.75) is 38.0 Å². The molecular formula is C13H17N3. The van der Waals surface area contributed by atoms with Crippen LogP contribution in [-0.2, 0) is 0 Å². The molecule has 0 bridgehead atoms. The fourth-order valence-corrected chi connectivity index (χ4v) is 2.73. The lowest BCUT2D eigenvalue weighted by Gasteiger charge is -2.20. The van der Waals surface area contributed by atoms with Crippen LogP contribution in [0.1, 0.15) is 43.8 Å². The second-order valence-electron chi connectivity index (χ2n) is 4.67. The molecule has 2 N–H and O–H groups in total. The summed E-state index contributed by atoms with van der Waals surface area (Å²) >= 11 is 0. The smallest absolute Gasteiger partial charge is 0.116 e. The van der Waals surface area contributed by atoms with Crippen LogP contribution >= 0.6 is 0 Å². The molecule has 0 atom stereocenters. The van der Waals surface area contributed by atoms with E-state index in [4.69, 9.17) is 5.73 Å². The number of hydrogen-bond acceptors (Lipinski definition) is 2. The first-order valence-corrected chi connectivity index (χ1v) is 6.08. The highest BCUT2D eigenvalue weighted by molar-refractivity contribution is 5.68. The Bertz CT molecular complexity index is 495. The van der Waals surface area contributed by atoms with Crippen molar-refractivity contribution in [1.29, 1.82) is 0 Å². The molecule has 0 saturated heterocycles. The van der Waals surface area contributed by atoms with Crippen LogP contribution in [0.25, 0.3) is 5.52 Å². The second kappa shape index (κ2) is 3.81. The highest BCUT2D eigenvalue weighted by Gasteiger charge is 2.19. The molecule has 84 valence electrons. The van der Waals surface area contributed by atoms with Gasteiger partial charge in [-0.15, -0.1) is 0 Å². The van der Waals surface area contributed by atoms with E-state index in [9.17, 15) is 0 Å². The fourth-order valence-electron chi connectivity index (χ4n) is 2.73. The summed E-state index contributed by atoms with van der Waals surface area (Å²) < 4.78 is 2.16. The fraction of sp³-hybridized carbons (Fsp3) is 0.462. The minimum Gasteiger partial charge on any atom is -0.397 e. The summed E-state index contributed by atoms with van der Waals surface area (Å²) in [6.45, 7) is 0. The maximum atomic E-state index is 5.94. The number of nitrogen functional groups attached to an aromatic ring is 1. The molecule has 0 unspecified atom stereocenters. The van der Waals surface area contributed by atoms with Crippen LogP contribution in [-0.4, -0.2) is 9.38 Å². The lowest BCUT2D eigenvalue weighted by Crippen LogP contribution is -2.08. The molecule has 0 radical (unpaired) electrons. The van der Waals surface area contributed by atoms with Gasteiger partial charge < -0.3 is 10.1 Å². The average molecular weight is 215 g/mol. The van der Waals surface area contributed by atoms with Gasteiger partial charge in [0.15, 0.2) is 0 Å². The summed E-state index contributed by atoms with van der Waals surface area (Å²) in [6.07, 6.45) is 10.6. The van der Waals surface area contributed by atoms with E-state index < -0.39 is 0 Å². The zero-order chi connectivity index (χ0) is 11.0. The molecule has 16 heavy (non-hydrogen) atoms. The van der Waals surface area contributed by atoms with Crippen LogP contribution < -0.4 is 5.73 Å². The highest BCUT2D eigenvalue weighted by atomic mass is 15.0. The van der Waals surface area contributed by atoms with Crippen molar-refractivity contribution < 1.29 is 0 Å². The maximum Gasteiger partial charge on any atom is 0.116 e. The summed E-state index contributed by atoms with van der Waals surface area (Å²) in [5.41, 5.74) is 7.80. The van der Waals surface area contributed by atoms with Crippen LogP contribution in [0.4, 0.5) is 5.69 Å². The van der Waals surface area contributed by atoms with Crippen LogP contribution in [0.3, 0.4) is 0 Å². The van der Waals surface area contributed by atoms with E-state index in [1.807, 2.05) is 18.3 Å². The summed E-state index contributed by atoms with van der Waals surface area (Å²) in [5.74, 6) is 1.82. The van der Waals surface area contributed by atoms with Gasteiger partial charge in [0.05, 0.1) is 17.4 Å². The molecular weight excluding hydrogens is 198 g/mol. The molecule has 3 heteroatoms. The maximum absolute atomic E-state index is 5.94. The van der Waals surface area contributed by atoms with Crippen LogP contribution in [0, 0.1) is 0 Å². The van der Waals surface area contributed by atoms with Gasteiger partial charge in [0.2, 0.25) is 0 Å². The predicted molar refractivity (Wildman–Crippen MR) is 65.4 cm³/mol. The van der Waals surface area contributed by atoms with Crippen molar-refractivity contribution in [1.82, 2.24) is 9.38 Å². The number of rotatable bonds is 1. The molecule has 1 aliphatic carbocycles. The van der Waals surface area contributed by atoms with E-state index >= 15 is 0 Å². The van der Waals surface area contributed by atoms with Crippen molar-refractivity contribution in [3.63, 3.8) is 0 Å². The third-order valence-corrected chi connectivity index (χ3v) is 3.60. The molecule has 2 aromatic heterocycles. The van der Waals surface area contributed by atoms with Gasteiger partial charge in [0.1, 0.15) is 5.82 Å². The first kappa shape index (κ1) is 9.70. The number of hydrogen-bond donors (Lipinski definition) is 1. The van der Waals surface area contributed by atoms with Crippen molar-refractivity contribution in [3.05, 3.63) is 30.4 Å². The Balaban J connectivity index is 2.06. The van der Waals surface area contributed by atoms with Crippen molar-refractivity contribution in [2.75, 3.05) is 5.73 Å². The minimum absolute atomic E-state index is 0.623. The number of aromatic nitrogens is 2. The number of anilines is 1. The molecule has 0 aromatic carbocycles. The Morgan fingerprint density at radius 1 is 1.25 bits per heavy atom. The van der Waals surface area contributed by atoms with Crippen molar-refractivity contribution in [2.24, 2.45) is 0 Å². The minimum atomic E-state index is 0.623. The third kappa shape index (κ3) is 1.47. The van der Waals surface area contributed by atoms with Gasteiger partial charge in [-0.1, -0.05) is 19.3 Å². The Hall–Kier alpha value is -1.51. The van der Waals surface area contributed by atoms with E-state index in [1.54, 1.807) is 0 Å². The standard InChI is InChI=1S/C13H17N3/c14-11-7-4-8-16-12(11)9-15-13(16)10-5-2-1-3-6-10/h4,7-10H,1-3,5-6,14H2. The molecule has 1 saturated carbocycles. The Kier molecular flexibility index (Phi) is 2.31. The zero-order valence-corrected chi connectivity index (χ0v) is 9.39. The topological polar surface area (TPSA) is 43.3 Å². The molecule has 1 aliphatic rings. The molecule has 3 rings (SSSR count). The molecule has 3 nitrogen and oxygen atoms in total. The molecule has 1 fully saturated rings. The lowest BCUT2D eigenvalue weighted by molar-refractivity contribution is 0.428. The summed E-state index contributed by atoms with van der Waals surface area (Å²) in [6, 6.07) is 3.93. The molecule has 0 amide bonds. The number of imidazole rings is 1. The van der Waals surface area contributed by atoms with Gasteiger partial charge in [-0.2, -0.15) is 0 Å². The predicted octanol–water partition coefficient (Wildman–Crippen LogP) is 2.96. The number of nitrogens with two attached hydrogens (primary N) is 1. The molecule has 0 spiro atoms. The largest absolute Gasteiger partial charge is 0.397 e. The SMILES string of the molecule is Nc1cccn2c(C3CCCCC3)ncc12. The Morgan fingerprint density at radius 3 is 2.88 bits per heavy atom. The van der Waals surface area contributed by atoms with Crippen molar-refractivity contribution in [3.8, 4) is 0 Å². The van der Waals surface area contributed by atoms with Crippen LogP contribution in [0.2, 0.25) is 0 Å². The van der Waals surface area contributed by atoms with Crippen molar-refractivity contribution >= 4 is 11.2 Å². The van der Waals surface area contributed by atoms with E-state index in [0.717, 1.165) is 11.2 Å². The van der Waals surface area contributed by atoms with Gasteiger partial charge >= 0.3 is 0 Å². The van der Waals surface area contributed by atoms with E-state index in [2.05, 4.69) is 15.6 Å². The summed E-state index contributed by atoms with van der Waals surface area (Å²) in [5, 5.41) is 0. The van der Waals surface area contributed by atoms with E-state index in [-0.39, 0.29) is 0 Å².